The molecular weight excluding hydrogens is 256 g/mol. The Labute approximate surface area is 117 Å². The summed E-state index contributed by atoms with van der Waals surface area (Å²) in [6, 6.07) is 4.72. The molecule has 0 spiro atoms. The van der Waals surface area contributed by atoms with Gasteiger partial charge in [-0.2, -0.15) is 0 Å². The van der Waals surface area contributed by atoms with Crippen molar-refractivity contribution in [1.82, 2.24) is 20.1 Å². The molecule has 5 heteroatoms. The van der Waals surface area contributed by atoms with Crippen LogP contribution in [0, 0.1) is 0 Å². The van der Waals surface area contributed by atoms with E-state index in [4.69, 9.17) is 0 Å². The van der Waals surface area contributed by atoms with E-state index in [0.717, 1.165) is 24.6 Å². The SMILES string of the molecule is CCC(NCc1nnc(C2CC2)n1C)c1cccs1. The van der Waals surface area contributed by atoms with E-state index in [2.05, 4.69) is 51.6 Å². The van der Waals surface area contributed by atoms with Crippen LogP contribution in [-0.2, 0) is 13.6 Å². The summed E-state index contributed by atoms with van der Waals surface area (Å²) in [5.74, 6) is 2.85. The molecule has 4 nitrogen and oxygen atoms in total. The zero-order chi connectivity index (χ0) is 13.2. The molecule has 102 valence electrons. The van der Waals surface area contributed by atoms with Gasteiger partial charge in [0.2, 0.25) is 0 Å². The first kappa shape index (κ1) is 12.8. The summed E-state index contributed by atoms with van der Waals surface area (Å²) in [4.78, 5) is 1.40. The van der Waals surface area contributed by atoms with Crippen LogP contribution in [0.15, 0.2) is 17.5 Å². The van der Waals surface area contributed by atoms with Gasteiger partial charge in [-0.3, -0.25) is 0 Å². The van der Waals surface area contributed by atoms with E-state index < -0.39 is 0 Å². The number of rotatable bonds is 6. The quantitative estimate of drug-likeness (QED) is 0.882. The first-order valence-electron chi connectivity index (χ1n) is 6.94. The predicted octanol–water partition coefficient (Wildman–Crippen LogP) is 2.99. The molecule has 1 aliphatic rings. The van der Waals surface area contributed by atoms with Gasteiger partial charge in [0.15, 0.2) is 0 Å². The molecule has 3 rings (SSSR count). The number of thiophene rings is 1. The van der Waals surface area contributed by atoms with Crippen LogP contribution >= 0.6 is 11.3 Å². The molecule has 1 fully saturated rings. The van der Waals surface area contributed by atoms with Crippen molar-refractivity contribution in [3.8, 4) is 0 Å². The Hall–Kier alpha value is -1.20. The third kappa shape index (κ3) is 2.72. The van der Waals surface area contributed by atoms with E-state index in [-0.39, 0.29) is 0 Å². The first-order valence-corrected chi connectivity index (χ1v) is 7.82. The normalized spacial score (nSPS) is 16.7. The maximum absolute atomic E-state index is 4.32. The van der Waals surface area contributed by atoms with Crippen molar-refractivity contribution < 1.29 is 0 Å². The molecule has 1 atom stereocenters. The van der Waals surface area contributed by atoms with Crippen LogP contribution in [0.1, 0.15) is 54.7 Å². The second-order valence-corrected chi connectivity index (χ2v) is 6.14. The summed E-state index contributed by atoms with van der Waals surface area (Å²) >= 11 is 1.81. The molecule has 1 aliphatic carbocycles. The van der Waals surface area contributed by atoms with E-state index in [0.29, 0.717) is 12.0 Å². The minimum absolute atomic E-state index is 0.418. The van der Waals surface area contributed by atoms with Gasteiger partial charge in [0.1, 0.15) is 11.6 Å². The van der Waals surface area contributed by atoms with Gasteiger partial charge in [0, 0.05) is 23.9 Å². The second-order valence-electron chi connectivity index (χ2n) is 5.16. The molecular formula is C14H20N4S. The molecule has 0 aromatic carbocycles. The van der Waals surface area contributed by atoms with E-state index >= 15 is 0 Å². The molecule has 2 aromatic rings. The van der Waals surface area contributed by atoms with Gasteiger partial charge in [0.25, 0.3) is 0 Å². The maximum Gasteiger partial charge on any atom is 0.146 e. The lowest BCUT2D eigenvalue weighted by molar-refractivity contribution is 0.507. The summed E-state index contributed by atoms with van der Waals surface area (Å²) < 4.78 is 2.16. The van der Waals surface area contributed by atoms with Crippen molar-refractivity contribution >= 4 is 11.3 Å². The van der Waals surface area contributed by atoms with Gasteiger partial charge in [0.05, 0.1) is 6.54 Å². The Bertz CT molecular complexity index is 528. The third-order valence-electron chi connectivity index (χ3n) is 3.74. The Balaban J connectivity index is 1.65. The summed E-state index contributed by atoms with van der Waals surface area (Å²) in [7, 11) is 2.08. The minimum Gasteiger partial charge on any atom is -0.317 e. The molecule has 0 saturated heterocycles. The molecule has 2 aromatic heterocycles. The highest BCUT2D eigenvalue weighted by Crippen LogP contribution is 2.38. The topological polar surface area (TPSA) is 42.7 Å². The van der Waals surface area contributed by atoms with E-state index in [1.165, 1.54) is 17.7 Å². The average molecular weight is 276 g/mol. The zero-order valence-electron chi connectivity index (χ0n) is 11.5. The van der Waals surface area contributed by atoms with Crippen molar-refractivity contribution in [1.29, 1.82) is 0 Å². The van der Waals surface area contributed by atoms with Crippen molar-refractivity contribution in [2.45, 2.75) is 44.7 Å². The Morgan fingerprint density at radius 1 is 1.47 bits per heavy atom. The molecule has 2 heterocycles. The smallest absolute Gasteiger partial charge is 0.146 e. The lowest BCUT2D eigenvalue weighted by Crippen LogP contribution is -2.21. The number of aromatic nitrogens is 3. The molecule has 1 unspecified atom stereocenters. The average Bonchev–Trinajstić information content (AvgIpc) is 2.98. The van der Waals surface area contributed by atoms with Crippen molar-refractivity contribution in [3.63, 3.8) is 0 Å². The van der Waals surface area contributed by atoms with E-state index in [1.807, 2.05) is 11.3 Å². The van der Waals surface area contributed by atoms with Crippen LogP contribution in [0.25, 0.3) is 0 Å². The highest BCUT2D eigenvalue weighted by molar-refractivity contribution is 7.10. The molecule has 0 bridgehead atoms. The van der Waals surface area contributed by atoms with Crippen LogP contribution in [0.2, 0.25) is 0 Å². The fourth-order valence-electron chi connectivity index (χ4n) is 2.38. The van der Waals surface area contributed by atoms with Gasteiger partial charge in [-0.1, -0.05) is 13.0 Å². The van der Waals surface area contributed by atoms with Crippen LogP contribution < -0.4 is 5.32 Å². The summed E-state index contributed by atoms with van der Waals surface area (Å²) in [5.41, 5.74) is 0. The molecule has 0 amide bonds. The van der Waals surface area contributed by atoms with Crippen LogP contribution in [0.4, 0.5) is 0 Å². The molecule has 1 saturated carbocycles. The van der Waals surface area contributed by atoms with Gasteiger partial charge in [-0.25, -0.2) is 0 Å². The number of nitrogens with one attached hydrogen (secondary N) is 1. The second kappa shape index (κ2) is 5.43. The van der Waals surface area contributed by atoms with E-state index in [1.54, 1.807) is 0 Å². The highest BCUT2D eigenvalue weighted by atomic mass is 32.1. The van der Waals surface area contributed by atoms with Gasteiger partial charge >= 0.3 is 0 Å². The van der Waals surface area contributed by atoms with Crippen molar-refractivity contribution in [3.05, 3.63) is 34.0 Å². The maximum atomic E-state index is 4.32. The van der Waals surface area contributed by atoms with Crippen molar-refractivity contribution in [2.75, 3.05) is 0 Å². The van der Waals surface area contributed by atoms with Crippen LogP contribution in [0.3, 0.4) is 0 Å². The Morgan fingerprint density at radius 2 is 2.32 bits per heavy atom. The lowest BCUT2D eigenvalue weighted by Gasteiger charge is -2.15. The van der Waals surface area contributed by atoms with Gasteiger partial charge in [-0.05, 0) is 30.7 Å². The fraction of sp³-hybridized carbons (Fsp3) is 0.571. The first-order chi connectivity index (χ1) is 9.29. The largest absolute Gasteiger partial charge is 0.317 e. The predicted molar refractivity (Wildman–Crippen MR) is 77.2 cm³/mol. The van der Waals surface area contributed by atoms with Crippen molar-refractivity contribution in [2.24, 2.45) is 7.05 Å². The lowest BCUT2D eigenvalue weighted by atomic mass is 10.2. The molecule has 0 aliphatic heterocycles. The van der Waals surface area contributed by atoms with Crippen LogP contribution in [-0.4, -0.2) is 14.8 Å². The minimum atomic E-state index is 0.418. The summed E-state index contributed by atoms with van der Waals surface area (Å²) in [6.45, 7) is 3.00. The molecule has 1 N–H and O–H groups in total. The standard InChI is InChI=1S/C14H20N4S/c1-3-11(12-5-4-8-19-12)15-9-13-16-17-14(18(13)2)10-6-7-10/h4-5,8,10-11,15H,3,6-7,9H2,1-2H3. The number of hydrogen-bond acceptors (Lipinski definition) is 4. The van der Waals surface area contributed by atoms with E-state index in [9.17, 15) is 0 Å². The Kier molecular flexibility index (Phi) is 3.66. The number of nitrogens with zero attached hydrogens (tertiary/aromatic N) is 3. The third-order valence-corrected chi connectivity index (χ3v) is 4.73. The monoisotopic (exact) mass is 276 g/mol. The van der Waals surface area contributed by atoms with Gasteiger partial charge in [-0.15, -0.1) is 21.5 Å². The Morgan fingerprint density at radius 3 is 2.95 bits per heavy atom. The molecule has 0 radical (unpaired) electrons. The molecule has 19 heavy (non-hydrogen) atoms. The van der Waals surface area contributed by atoms with Gasteiger partial charge < -0.3 is 9.88 Å². The zero-order valence-corrected chi connectivity index (χ0v) is 12.3. The summed E-state index contributed by atoms with van der Waals surface area (Å²) in [6.07, 6.45) is 3.63. The number of hydrogen-bond donors (Lipinski definition) is 1. The fourth-order valence-corrected chi connectivity index (χ4v) is 3.26. The highest BCUT2D eigenvalue weighted by Gasteiger charge is 2.29. The van der Waals surface area contributed by atoms with Crippen LogP contribution in [0.5, 0.6) is 0 Å². The summed E-state index contributed by atoms with van der Waals surface area (Å²) in [5, 5.41) is 14.4.